The minimum absolute atomic E-state index is 0.0700. The van der Waals surface area contributed by atoms with Crippen LogP contribution in [0.25, 0.3) is 5.57 Å². The van der Waals surface area contributed by atoms with Crippen LogP contribution in [0.2, 0.25) is 0 Å². The van der Waals surface area contributed by atoms with Crippen LogP contribution < -0.4 is 20.8 Å². The van der Waals surface area contributed by atoms with E-state index in [2.05, 4.69) is 171 Å². The predicted molar refractivity (Wildman–Crippen MR) is 244 cm³/mol. The highest BCUT2D eigenvalue weighted by Gasteiger charge is 2.54. The number of allylic oxidation sites excluding steroid dienone is 5. The Morgan fingerprint density at radius 1 is 0.603 bits per heavy atom. The molecule has 7 aromatic rings. The fourth-order valence-electron chi connectivity index (χ4n) is 10.5. The van der Waals surface area contributed by atoms with Crippen LogP contribution >= 0.6 is 7.14 Å². The van der Waals surface area contributed by atoms with Gasteiger partial charge in [-0.1, -0.05) is 196 Å². The third-order valence-electron chi connectivity index (χ3n) is 13.1. The van der Waals surface area contributed by atoms with Crippen molar-refractivity contribution < 1.29 is 4.57 Å². The lowest BCUT2D eigenvalue weighted by Crippen LogP contribution is -2.39. The van der Waals surface area contributed by atoms with E-state index in [4.69, 9.17) is 0 Å². The molecule has 3 atom stereocenters. The van der Waals surface area contributed by atoms with Gasteiger partial charge in [0.15, 0.2) is 7.14 Å². The summed E-state index contributed by atoms with van der Waals surface area (Å²) in [4.78, 5) is 2.43. The molecule has 3 aliphatic rings. The number of anilines is 3. The van der Waals surface area contributed by atoms with Crippen molar-refractivity contribution >= 4 is 45.7 Å². The van der Waals surface area contributed by atoms with Gasteiger partial charge in [-0.3, -0.25) is 0 Å². The van der Waals surface area contributed by atoms with Gasteiger partial charge in [-0.2, -0.15) is 0 Å². The topological polar surface area (TPSA) is 20.3 Å². The lowest BCUT2D eigenvalue weighted by Gasteiger charge is -2.45. The fourth-order valence-corrected chi connectivity index (χ4v) is 13.1. The van der Waals surface area contributed by atoms with E-state index in [1.807, 2.05) is 60.7 Å². The zero-order chi connectivity index (χ0) is 39.5. The molecule has 0 spiro atoms. The summed E-state index contributed by atoms with van der Waals surface area (Å²) in [7, 11) is -3.19. The molecule has 7 aromatic carbocycles. The number of hydrogen-bond acceptors (Lipinski definition) is 2. The predicted octanol–water partition coefficient (Wildman–Crippen LogP) is 12.5. The molecular formula is C55H46NOP. The molecule has 3 heteroatoms. The maximum Gasteiger partial charge on any atom is 0.171 e. The highest BCUT2D eigenvalue weighted by molar-refractivity contribution is 7.85. The zero-order valence-electron chi connectivity index (χ0n) is 33.0. The monoisotopic (exact) mass is 767 g/mol. The van der Waals surface area contributed by atoms with Crippen LogP contribution in [0.4, 0.5) is 17.1 Å². The lowest BCUT2D eigenvalue weighted by atomic mass is 9.59. The van der Waals surface area contributed by atoms with Gasteiger partial charge in [-0.25, -0.2) is 0 Å². The van der Waals surface area contributed by atoms with E-state index >= 15 is 4.57 Å². The second kappa shape index (κ2) is 14.0. The first-order chi connectivity index (χ1) is 28.4. The molecule has 0 N–H and O–H groups in total. The van der Waals surface area contributed by atoms with Crippen LogP contribution in [0, 0.1) is 11.8 Å². The van der Waals surface area contributed by atoms with Gasteiger partial charge in [0.05, 0.1) is 16.8 Å². The Balaban J connectivity index is 1.25. The average Bonchev–Trinajstić information content (AvgIpc) is 3.40. The smallest absolute Gasteiger partial charge is 0.171 e. The third-order valence-corrected chi connectivity index (χ3v) is 16.2. The molecule has 3 unspecified atom stereocenters. The second-order valence-electron chi connectivity index (χ2n) is 16.4. The van der Waals surface area contributed by atoms with Crippen LogP contribution in [0.3, 0.4) is 0 Å². The van der Waals surface area contributed by atoms with E-state index < -0.39 is 12.6 Å². The number of nitrogens with zero attached hydrogens (tertiary/aromatic N) is 1. The van der Waals surface area contributed by atoms with Gasteiger partial charge in [0.25, 0.3) is 0 Å². The summed E-state index contributed by atoms with van der Waals surface area (Å²) in [5.41, 5.74) is 11.6. The first-order valence-corrected chi connectivity index (χ1v) is 22.1. The molecule has 0 radical (unpaired) electrons. The average molecular weight is 768 g/mol. The van der Waals surface area contributed by atoms with E-state index in [0.29, 0.717) is 0 Å². The molecule has 0 fully saturated rings. The summed E-state index contributed by atoms with van der Waals surface area (Å²) in [6.45, 7) is 9.22. The van der Waals surface area contributed by atoms with E-state index in [9.17, 15) is 0 Å². The van der Waals surface area contributed by atoms with E-state index in [1.54, 1.807) is 0 Å². The van der Waals surface area contributed by atoms with Gasteiger partial charge in [0.1, 0.15) is 0 Å². The number of rotatable bonds is 7. The summed E-state index contributed by atoms with van der Waals surface area (Å²) in [5, 5.41) is 2.50. The fraction of sp³-hybridized carbons (Fsp3) is 0.127. The van der Waals surface area contributed by atoms with Crippen molar-refractivity contribution in [1.29, 1.82) is 0 Å². The SMILES string of the molecule is C=CC1CC=CC=C2c3ccccc3C(c3ccc(P(=O)(c4ccccc4)c4ccccc4)cc3)(c3ccc4c(c3)C(C)(C)c3ccccc3N4c3ccccc3)C21. The number of para-hydroxylation sites is 2. The largest absolute Gasteiger partial charge is 0.310 e. The second-order valence-corrected chi connectivity index (χ2v) is 19.2. The Kier molecular flexibility index (Phi) is 8.73. The number of fused-ring (bicyclic) bond motifs is 5. The maximum atomic E-state index is 15.6. The summed E-state index contributed by atoms with van der Waals surface area (Å²) < 4.78 is 15.6. The number of benzene rings is 7. The number of hydrogen-bond donors (Lipinski definition) is 0. The van der Waals surface area contributed by atoms with Gasteiger partial charge in [0, 0.05) is 32.9 Å². The Hall–Kier alpha value is -6.21. The molecule has 0 amide bonds. The van der Waals surface area contributed by atoms with Gasteiger partial charge in [-0.05, 0) is 75.6 Å². The van der Waals surface area contributed by atoms with Crippen molar-refractivity contribution in [3.63, 3.8) is 0 Å². The minimum Gasteiger partial charge on any atom is -0.310 e. The van der Waals surface area contributed by atoms with Crippen LogP contribution in [-0.2, 0) is 15.4 Å². The van der Waals surface area contributed by atoms with Gasteiger partial charge >= 0.3 is 0 Å². The molecule has 58 heavy (non-hydrogen) atoms. The van der Waals surface area contributed by atoms with Crippen molar-refractivity contribution in [3.05, 3.63) is 246 Å². The zero-order valence-corrected chi connectivity index (χ0v) is 33.9. The molecule has 0 saturated carbocycles. The van der Waals surface area contributed by atoms with Crippen molar-refractivity contribution in [1.82, 2.24) is 0 Å². The van der Waals surface area contributed by atoms with Crippen molar-refractivity contribution in [2.24, 2.45) is 11.8 Å². The summed E-state index contributed by atoms with van der Waals surface area (Å²) in [6.07, 6.45) is 9.96. The van der Waals surface area contributed by atoms with Crippen molar-refractivity contribution in [2.75, 3.05) is 4.90 Å². The van der Waals surface area contributed by atoms with Gasteiger partial charge < -0.3 is 9.46 Å². The summed E-state index contributed by atoms with van der Waals surface area (Å²) in [5.74, 6) is 0.239. The first kappa shape index (κ1) is 36.2. The van der Waals surface area contributed by atoms with Gasteiger partial charge in [-0.15, -0.1) is 6.58 Å². The molecule has 1 heterocycles. The molecule has 2 aliphatic carbocycles. The minimum atomic E-state index is -3.19. The van der Waals surface area contributed by atoms with E-state index in [0.717, 1.165) is 28.0 Å². The molecule has 10 rings (SSSR count). The van der Waals surface area contributed by atoms with Crippen LogP contribution in [0.5, 0.6) is 0 Å². The standard InChI is InChI=1S/C55H46NOP/c1-4-39-20-14-15-28-47-46-27-16-17-29-48(46)55(53(39)47,40-32-35-45(36-33-40)58(57,43-23-10-6-11-24-43)44-25-12-7-13-26-44)41-34-37-52-50(38-41)54(2,3)49-30-18-19-31-51(49)56(52)42-21-8-5-9-22-42/h4-19,21-39,53H,1,20H2,2-3H3. The maximum absolute atomic E-state index is 15.6. The Bertz CT molecular complexity index is 2740. The molecular weight excluding hydrogens is 722 g/mol. The highest BCUT2D eigenvalue weighted by Crippen LogP contribution is 2.62. The molecule has 0 bridgehead atoms. The lowest BCUT2D eigenvalue weighted by molar-refractivity contribution is 0.384. The highest BCUT2D eigenvalue weighted by atomic mass is 31.2. The summed E-state index contributed by atoms with van der Waals surface area (Å²) in [6, 6.07) is 64.7. The molecule has 0 saturated heterocycles. The van der Waals surface area contributed by atoms with E-state index in [-0.39, 0.29) is 17.3 Å². The Labute approximate surface area is 342 Å². The normalized spacial score (nSPS) is 20.2. The molecule has 282 valence electrons. The van der Waals surface area contributed by atoms with Crippen LogP contribution in [-0.4, -0.2) is 0 Å². The van der Waals surface area contributed by atoms with Crippen molar-refractivity contribution in [3.8, 4) is 0 Å². The Morgan fingerprint density at radius 3 is 1.83 bits per heavy atom. The molecule has 1 aliphatic heterocycles. The third kappa shape index (κ3) is 5.28. The molecule has 0 aromatic heterocycles. The quantitative estimate of drug-likeness (QED) is 0.119. The van der Waals surface area contributed by atoms with Gasteiger partial charge in [0.2, 0.25) is 0 Å². The van der Waals surface area contributed by atoms with E-state index in [1.165, 1.54) is 50.3 Å². The Morgan fingerprint density at radius 2 is 1.16 bits per heavy atom. The molecule has 2 nitrogen and oxygen atoms in total. The van der Waals surface area contributed by atoms with Crippen LogP contribution in [0.15, 0.2) is 213 Å². The first-order valence-electron chi connectivity index (χ1n) is 20.4. The summed E-state index contributed by atoms with van der Waals surface area (Å²) >= 11 is 0. The van der Waals surface area contributed by atoms with Crippen LogP contribution in [0.1, 0.15) is 53.6 Å². The van der Waals surface area contributed by atoms with Crippen molar-refractivity contribution in [2.45, 2.75) is 31.1 Å².